The number of hydrogen-bond donors (Lipinski definition) is 0. The van der Waals surface area contributed by atoms with Crippen molar-refractivity contribution in [1.29, 1.82) is 0 Å². The molecule has 0 aliphatic carbocycles. The summed E-state index contributed by atoms with van der Waals surface area (Å²) in [5, 5.41) is 4.35. The third kappa shape index (κ3) is 7.04. The summed E-state index contributed by atoms with van der Waals surface area (Å²) < 4.78 is 1.95. The van der Waals surface area contributed by atoms with Crippen molar-refractivity contribution < 1.29 is 0 Å². The molecule has 3 aromatic carbocycles. The van der Waals surface area contributed by atoms with Gasteiger partial charge in [0.05, 0.1) is 12.2 Å². The van der Waals surface area contributed by atoms with Crippen LogP contribution in [0.4, 0.5) is 5.69 Å². The molecule has 1 aromatic heterocycles. The molecule has 37 heavy (non-hydrogen) atoms. The fraction of sp³-hybridized carbons (Fsp3) is 0.235. The zero-order valence-electron chi connectivity index (χ0n) is 22.3. The molecule has 0 saturated carbocycles. The van der Waals surface area contributed by atoms with Crippen molar-refractivity contribution in [2.45, 2.75) is 46.6 Å². The van der Waals surface area contributed by atoms with Crippen LogP contribution < -0.4 is 0 Å². The Labute approximate surface area is 221 Å². The van der Waals surface area contributed by atoms with E-state index in [1.165, 1.54) is 27.8 Å². The van der Waals surface area contributed by atoms with E-state index in [4.69, 9.17) is 4.99 Å². The predicted octanol–water partition coefficient (Wildman–Crippen LogP) is 8.86. The minimum Gasteiger partial charge on any atom is -0.268 e. The first-order chi connectivity index (χ1) is 18.1. The molecule has 4 rings (SSSR count). The van der Waals surface area contributed by atoms with Gasteiger partial charge in [0.2, 0.25) is 0 Å². The van der Waals surface area contributed by atoms with Gasteiger partial charge in [-0.2, -0.15) is 5.10 Å². The molecule has 188 valence electrons. The van der Waals surface area contributed by atoms with Crippen LogP contribution in [0.3, 0.4) is 0 Å². The van der Waals surface area contributed by atoms with Crippen LogP contribution >= 0.6 is 0 Å². The van der Waals surface area contributed by atoms with E-state index in [9.17, 15) is 0 Å². The maximum atomic E-state index is 5.02. The quantitative estimate of drug-likeness (QED) is 0.153. The van der Waals surface area contributed by atoms with Crippen molar-refractivity contribution in [3.05, 3.63) is 126 Å². The molecule has 0 aliphatic rings. The highest BCUT2D eigenvalue weighted by Crippen LogP contribution is 2.33. The molecule has 3 nitrogen and oxygen atoms in total. The Balaban J connectivity index is 1.64. The lowest BCUT2D eigenvalue weighted by molar-refractivity contribution is 0.675. The highest BCUT2D eigenvalue weighted by atomic mass is 15.3. The second-order valence-electron chi connectivity index (χ2n) is 9.54. The molecule has 0 bridgehead atoms. The molecule has 0 spiro atoms. The number of benzene rings is 3. The molecule has 1 unspecified atom stereocenters. The summed E-state index contributed by atoms with van der Waals surface area (Å²) in [6.07, 6.45) is 13.1. The minimum absolute atomic E-state index is 0.386. The van der Waals surface area contributed by atoms with E-state index in [1.807, 2.05) is 29.2 Å². The number of rotatable bonds is 11. The molecule has 3 heteroatoms. The number of aryl methyl sites for hydroxylation is 1. The van der Waals surface area contributed by atoms with E-state index in [2.05, 4.69) is 111 Å². The molecule has 0 amide bonds. The van der Waals surface area contributed by atoms with Crippen LogP contribution in [0, 0.1) is 12.8 Å². The van der Waals surface area contributed by atoms with Crippen molar-refractivity contribution in [3.63, 3.8) is 0 Å². The highest BCUT2D eigenvalue weighted by molar-refractivity contribution is 5.85. The number of nitrogens with zero attached hydrogens (tertiary/aromatic N) is 3. The summed E-state index contributed by atoms with van der Waals surface area (Å²) in [7, 11) is 0. The summed E-state index contributed by atoms with van der Waals surface area (Å²) >= 11 is 0. The van der Waals surface area contributed by atoms with Crippen LogP contribution in [0.2, 0.25) is 0 Å². The zero-order chi connectivity index (χ0) is 26.0. The Hall–Kier alpha value is -3.98. The fourth-order valence-electron chi connectivity index (χ4n) is 4.53. The van der Waals surface area contributed by atoms with E-state index in [0.29, 0.717) is 5.92 Å². The van der Waals surface area contributed by atoms with Gasteiger partial charge in [-0.25, -0.2) is 0 Å². The molecule has 0 aliphatic heterocycles. The van der Waals surface area contributed by atoms with E-state index in [1.54, 1.807) is 0 Å². The van der Waals surface area contributed by atoms with Gasteiger partial charge in [-0.1, -0.05) is 86.7 Å². The first-order valence-electron chi connectivity index (χ1n) is 13.2. The highest BCUT2D eigenvalue weighted by Gasteiger charge is 2.10. The summed E-state index contributed by atoms with van der Waals surface area (Å²) in [5.41, 5.74) is 9.45. The van der Waals surface area contributed by atoms with Crippen LogP contribution in [-0.2, 0) is 13.0 Å². The summed E-state index contributed by atoms with van der Waals surface area (Å²) in [6, 6.07) is 26.0. The Morgan fingerprint density at radius 1 is 0.973 bits per heavy atom. The first kappa shape index (κ1) is 26.1. The standard InChI is InChI=1S/C34H37N3/c1-5-10-30(7-3)33-23-32(31-12-8-11-29(22-31)25-37-20-9-19-36-37)17-18-34(33)35-24-27(6-2)21-28-15-13-26(4)14-16-28/h7-20,22-24,27H,3,5-6,21,25H2,1-2,4H3/b30-10-,35-24?. The van der Waals surface area contributed by atoms with E-state index < -0.39 is 0 Å². The Kier molecular flexibility index (Phi) is 9.04. The molecular weight excluding hydrogens is 450 g/mol. The van der Waals surface area contributed by atoms with Gasteiger partial charge in [-0.15, -0.1) is 0 Å². The summed E-state index contributed by atoms with van der Waals surface area (Å²) in [5.74, 6) is 0.386. The fourth-order valence-corrected chi connectivity index (χ4v) is 4.53. The van der Waals surface area contributed by atoms with Crippen LogP contribution in [-0.4, -0.2) is 16.0 Å². The van der Waals surface area contributed by atoms with Gasteiger partial charge in [0.1, 0.15) is 0 Å². The second-order valence-corrected chi connectivity index (χ2v) is 9.54. The lowest BCUT2D eigenvalue weighted by atomic mass is 9.95. The van der Waals surface area contributed by atoms with Gasteiger partial charge < -0.3 is 0 Å². The van der Waals surface area contributed by atoms with E-state index >= 15 is 0 Å². The predicted molar refractivity (Wildman–Crippen MR) is 158 cm³/mol. The third-order valence-corrected chi connectivity index (χ3v) is 6.68. The van der Waals surface area contributed by atoms with Gasteiger partial charge in [0.25, 0.3) is 0 Å². The van der Waals surface area contributed by atoms with Crippen LogP contribution in [0.5, 0.6) is 0 Å². The van der Waals surface area contributed by atoms with Crippen LogP contribution in [0.1, 0.15) is 48.9 Å². The minimum atomic E-state index is 0.386. The number of aromatic nitrogens is 2. The largest absolute Gasteiger partial charge is 0.268 e. The summed E-state index contributed by atoms with van der Waals surface area (Å²) in [4.78, 5) is 5.02. The number of allylic oxidation sites excluding steroid dienone is 3. The zero-order valence-corrected chi connectivity index (χ0v) is 22.3. The number of aliphatic imine (C=N–C) groups is 1. The van der Waals surface area contributed by atoms with Crippen molar-refractivity contribution in [2.24, 2.45) is 10.9 Å². The van der Waals surface area contributed by atoms with Gasteiger partial charge in [0, 0.05) is 24.2 Å². The molecular formula is C34H37N3. The third-order valence-electron chi connectivity index (χ3n) is 6.68. The Morgan fingerprint density at radius 2 is 1.78 bits per heavy atom. The maximum absolute atomic E-state index is 5.02. The molecule has 4 aromatic rings. The lowest BCUT2D eigenvalue weighted by Gasteiger charge is -2.13. The normalized spacial score (nSPS) is 12.7. The molecule has 1 heterocycles. The van der Waals surface area contributed by atoms with Crippen LogP contribution in [0.15, 0.2) is 109 Å². The molecule has 0 saturated heterocycles. The van der Waals surface area contributed by atoms with Gasteiger partial charge in [0.15, 0.2) is 0 Å². The Morgan fingerprint density at radius 3 is 2.49 bits per heavy atom. The Bertz CT molecular complexity index is 1360. The topological polar surface area (TPSA) is 30.2 Å². The molecule has 0 radical (unpaired) electrons. The maximum Gasteiger partial charge on any atom is 0.0704 e. The van der Waals surface area contributed by atoms with Crippen molar-refractivity contribution >= 4 is 17.5 Å². The van der Waals surface area contributed by atoms with Crippen molar-refractivity contribution in [1.82, 2.24) is 9.78 Å². The molecule has 0 fully saturated rings. The molecule has 0 N–H and O–H groups in total. The second kappa shape index (κ2) is 12.8. The first-order valence-corrected chi connectivity index (χ1v) is 13.2. The number of hydrogen-bond acceptors (Lipinski definition) is 2. The van der Waals surface area contributed by atoms with Gasteiger partial charge >= 0.3 is 0 Å². The van der Waals surface area contributed by atoms with Crippen molar-refractivity contribution in [2.75, 3.05) is 0 Å². The molecule has 1 atom stereocenters. The lowest BCUT2D eigenvalue weighted by Crippen LogP contribution is -2.04. The average molecular weight is 488 g/mol. The average Bonchev–Trinajstić information content (AvgIpc) is 3.44. The van der Waals surface area contributed by atoms with Crippen molar-refractivity contribution in [3.8, 4) is 11.1 Å². The van der Waals surface area contributed by atoms with E-state index in [-0.39, 0.29) is 0 Å². The SMILES string of the molecule is C=C/C(=C/CC)c1cc(-c2cccc(Cn3cccn3)c2)ccc1N=CC(CC)Cc1ccc(C)cc1. The monoisotopic (exact) mass is 487 g/mol. The van der Waals surface area contributed by atoms with Crippen LogP contribution in [0.25, 0.3) is 16.7 Å². The van der Waals surface area contributed by atoms with Gasteiger partial charge in [-0.3, -0.25) is 9.67 Å². The van der Waals surface area contributed by atoms with E-state index in [0.717, 1.165) is 42.6 Å². The smallest absolute Gasteiger partial charge is 0.0704 e. The summed E-state index contributed by atoms with van der Waals surface area (Å²) in [6.45, 7) is 11.4. The van der Waals surface area contributed by atoms with Gasteiger partial charge in [-0.05, 0) is 84.2 Å².